The molecule has 2 amide bonds. The number of carbonyl (C=O) groups is 2. The zero-order valence-corrected chi connectivity index (χ0v) is 19.7. The monoisotopic (exact) mass is 452 g/mol. The molecule has 0 saturated carbocycles. The molecule has 0 spiro atoms. The van der Waals surface area contributed by atoms with Gasteiger partial charge in [-0.3, -0.25) is 25.2 Å². The van der Waals surface area contributed by atoms with Crippen LogP contribution in [0.1, 0.15) is 56.7 Å². The smallest absolute Gasteiger partial charge is 0.272 e. The number of fused-ring (bicyclic) bond motifs is 1. The van der Waals surface area contributed by atoms with Gasteiger partial charge in [0.15, 0.2) is 5.69 Å². The molecular weight excluding hydrogens is 424 g/mol. The molecule has 2 aromatic carbocycles. The number of nitrogens with one attached hydrogen (secondary N) is 2. The molecule has 1 heterocycles. The van der Waals surface area contributed by atoms with E-state index in [4.69, 9.17) is 0 Å². The third-order valence-corrected chi connectivity index (χ3v) is 5.95. The van der Waals surface area contributed by atoms with E-state index in [0.29, 0.717) is 10.8 Å². The van der Waals surface area contributed by atoms with Gasteiger partial charge in [-0.2, -0.15) is 5.10 Å². The van der Waals surface area contributed by atoms with Crippen LogP contribution in [0.3, 0.4) is 0 Å². The first-order valence-corrected chi connectivity index (χ1v) is 11.4. The van der Waals surface area contributed by atoms with Gasteiger partial charge >= 0.3 is 0 Å². The first-order chi connectivity index (χ1) is 15.1. The second-order valence-corrected chi connectivity index (χ2v) is 9.85. The molecular formula is C24H28N4O3S. The maximum absolute atomic E-state index is 12.7. The summed E-state index contributed by atoms with van der Waals surface area (Å²) in [7, 11) is 0. The fraction of sp³-hybridized carbons (Fsp3) is 0.333. The molecule has 0 radical (unpaired) electrons. The number of hydrogen-bond donors (Lipinski definition) is 2. The van der Waals surface area contributed by atoms with Crippen LogP contribution in [0.2, 0.25) is 0 Å². The highest BCUT2D eigenvalue weighted by Crippen LogP contribution is 2.25. The van der Waals surface area contributed by atoms with E-state index in [1.807, 2.05) is 26.0 Å². The Balaban J connectivity index is 1.66. The maximum atomic E-state index is 12.7. The molecule has 0 unspecified atom stereocenters. The highest BCUT2D eigenvalue weighted by atomic mass is 32.2. The zero-order valence-electron chi connectivity index (χ0n) is 18.9. The zero-order chi connectivity index (χ0) is 23.5. The van der Waals surface area contributed by atoms with E-state index in [1.165, 1.54) is 22.0 Å². The molecule has 0 bridgehead atoms. The van der Waals surface area contributed by atoms with Crippen LogP contribution in [0.4, 0.5) is 0 Å². The Hall–Kier alpha value is -3.13. The van der Waals surface area contributed by atoms with Crippen molar-refractivity contribution in [2.45, 2.75) is 51.0 Å². The highest BCUT2D eigenvalue weighted by molar-refractivity contribution is 8.00. The summed E-state index contributed by atoms with van der Waals surface area (Å²) in [6.07, 6.45) is 0. The van der Waals surface area contributed by atoms with E-state index in [1.54, 1.807) is 24.3 Å². The second kappa shape index (κ2) is 9.56. The van der Waals surface area contributed by atoms with Crippen molar-refractivity contribution >= 4 is 34.3 Å². The fourth-order valence-electron chi connectivity index (χ4n) is 3.15. The first kappa shape index (κ1) is 23.5. The highest BCUT2D eigenvalue weighted by Gasteiger charge is 2.18. The van der Waals surface area contributed by atoms with Gasteiger partial charge in [0.2, 0.25) is 5.91 Å². The SMILES string of the molecule is CC(C)n1nc(C(=O)NNC(=O)CSc2ccc(C(C)(C)C)cc2)c2ccccc2c1=O. The van der Waals surface area contributed by atoms with Gasteiger partial charge in [0.25, 0.3) is 11.5 Å². The van der Waals surface area contributed by atoms with Crippen LogP contribution in [0.15, 0.2) is 58.2 Å². The number of amides is 2. The van der Waals surface area contributed by atoms with Crippen molar-refractivity contribution in [3.63, 3.8) is 0 Å². The second-order valence-electron chi connectivity index (χ2n) is 8.80. The lowest BCUT2D eigenvalue weighted by Crippen LogP contribution is -2.43. The van der Waals surface area contributed by atoms with E-state index < -0.39 is 5.91 Å². The normalized spacial score (nSPS) is 11.6. The van der Waals surface area contributed by atoms with E-state index in [-0.39, 0.29) is 34.4 Å². The Morgan fingerprint density at radius 3 is 2.22 bits per heavy atom. The molecule has 0 aliphatic carbocycles. The summed E-state index contributed by atoms with van der Waals surface area (Å²) in [4.78, 5) is 38.6. The van der Waals surface area contributed by atoms with Crippen molar-refractivity contribution < 1.29 is 9.59 Å². The number of hydrazine groups is 1. The number of rotatable bonds is 5. The lowest BCUT2D eigenvalue weighted by molar-refractivity contribution is -0.119. The van der Waals surface area contributed by atoms with Crippen LogP contribution in [-0.2, 0) is 10.2 Å². The standard InChI is InChI=1S/C24H28N4O3S/c1-15(2)28-23(31)19-9-7-6-8-18(19)21(27-28)22(30)26-25-20(29)14-32-17-12-10-16(11-13-17)24(3,4)5/h6-13,15H,14H2,1-5H3,(H,25,29)(H,26,30). The van der Waals surface area contributed by atoms with E-state index in [9.17, 15) is 14.4 Å². The number of carbonyl (C=O) groups excluding carboxylic acids is 2. The molecule has 3 rings (SSSR count). The Labute approximate surface area is 191 Å². The van der Waals surface area contributed by atoms with Crippen molar-refractivity contribution in [1.29, 1.82) is 0 Å². The number of nitrogens with zero attached hydrogens (tertiary/aromatic N) is 2. The summed E-state index contributed by atoms with van der Waals surface area (Å²) in [6, 6.07) is 14.7. The summed E-state index contributed by atoms with van der Waals surface area (Å²) in [5.74, 6) is -0.775. The number of thioether (sulfide) groups is 1. The Morgan fingerprint density at radius 1 is 1.00 bits per heavy atom. The van der Waals surface area contributed by atoms with Crippen molar-refractivity contribution in [2.75, 3.05) is 5.75 Å². The summed E-state index contributed by atoms with van der Waals surface area (Å²) in [6.45, 7) is 10.1. The van der Waals surface area contributed by atoms with Crippen molar-refractivity contribution in [2.24, 2.45) is 0 Å². The Morgan fingerprint density at radius 2 is 1.62 bits per heavy atom. The van der Waals surface area contributed by atoms with E-state index >= 15 is 0 Å². The largest absolute Gasteiger partial charge is 0.290 e. The molecule has 32 heavy (non-hydrogen) atoms. The third kappa shape index (κ3) is 5.37. The van der Waals surface area contributed by atoms with Gasteiger partial charge in [-0.1, -0.05) is 51.1 Å². The predicted octanol–water partition coefficient (Wildman–Crippen LogP) is 3.83. The number of hydrogen-bond acceptors (Lipinski definition) is 5. The number of benzene rings is 2. The van der Waals surface area contributed by atoms with E-state index in [0.717, 1.165) is 4.90 Å². The molecule has 0 saturated heterocycles. The molecule has 168 valence electrons. The predicted molar refractivity (Wildman–Crippen MR) is 128 cm³/mol. The molecule has 1 aromatic heterocycles. The van der Waals surface area contributed by atoms with Gasteiger partial charge in [-0.05, 0) is 43.0 Å². The molecule has 8 heteroatoms. The Kier molecular flexibility index (Phi) is 7.03. The molecule has 0 fully saturated rings. The molecule has 0 atom stereocenters. The van der Waals surface area contributed by atoms with Crippen LogP contribution >= 0.6 is 11.8 Å². The summed E-state index contributed by atoms with van der Waals surface area (Å²) in [5, 5.41) is 5.08. The minimum absolute atomic E-state index is 0.0705. The van der Waals surface area contributed by atoms with Gasteiger partial charge in [0.1, 0.15) is 0 Å². The maximum Gasteiger partial charge on any atom is 0.290 e. The summed E-state index contributed by atoms with van der Waals surface area (Å²) in [5.41, 5.74) is 5.96. The van der Waals surface area contributed by atoms with Crippen LogP contribution in [0.5, 0.6) is 0 Å². The topological polar surface area (TPSA) is 93.1 Å². The van der Waals surface area contributed by atoms with Crippen molar-refractivity contribution in [1.82, 2.24) is 20.6 Å². The van der Waals surface area contributed by atoms with Gasteiger partial charge in [0, 0.05) is 10.3 Å². The van der Waals surface area contributed by atoms with Gasteiger partial charge in [0.05, 0.1) is 17.2 Å². The molecule has 0 aliphatic heterocycles. The minimum Gasteiger partial charge on any atom is -0.272 e. The van der Waals surface area contributed by atoms with Crippen LogP contribution < -0.4 is 16.4 Å². The van der Waals surface area contributed by atoms with Crippen molar-refractivity contribution in [3.8, 4) is 0 Å². The molecule has 7 nitrogen and oxygen atoms in total. The first-order valence-electron chi connectivity index (χ1n) is 10.4. The molecule has 3 aromatic rings. The van der Waals surface area contributed by atoms with Gasteiger partial charge < -0.3 is 0 Å². The van der Waals surface area contributed by atoms with E-state index in [2.05, 4.69) is 48.9 Å². The average molecular weight is 453 g/mol. The molecule has 2 N–H and O–H groups in total. The summed E-state index contributed by atoms with van der Waals surface area (Å²) < 4.78 is 1.27. The summed E-state index contributed by atoms with van der Waals surface area (Å²) >= 11 is 1.38. The Bertz CT molecular complexity index is 1190. The van der Waals surface area contributed by atoms with Crippen LogP contribution in [0.25, 0.3) is 10.8 Å². The van der Waals surface area contributed by atoms with Crippen LogP contribution in [0, 0.1) is 0 Å². The third-order valence-electron chi connectivity index (χ3n) is 4.94. The van der Waals surface area contributed by atoms with Gasteiger partial charge in [-0.25, -0.2) is 4.68 Å². The fourth-order valence-corrected chi connectivity index (χ4v) is 3.84. The minimum atomic E-state index is -0.580. The number of aromatic nitrogens is 2. The lowest BCUT2D eigenvalue weighted by Gasteiger charge is -2.19. The van der Waals surface area contributed by atoms with Crippen molar-refractivity contribution in [3.05, 3.63) is 70.1 Å². The lowest BCUT2D eigenvalue weighted by atomic mass is 9.87. The van der Waals surface area contributed by atoms with Gasteiger partial charge in [-0.15, -0.1) is 11.8 Å². The molecule has 0 aliphatic rings. The quantitative estimate of drug-likeness (QED) is 0.453. The average Bonchev–Trinajstić information content (AvgIpc) is 2.76. The van der Waals surface area contributed by atoms with Crippen LogP contribution in [-0.4, -0.2) is 27.3 Å².